The highest BCUT2D eigenvalue weighted by atomic mass is 35.5. The summed E-state index contributed by atoms with van der Waals surface area (Å²) in [4.78, 5) is 0. The quantitative estimate of drug-likeness (QED) is 0.481. The van der Waals surface area contributed by atoms with Crippen molar-refractivity contribution in [1.82, 2.24) is 5.32 Å². The van der Waals surface area contributed by atoms with Crippen molar-refractivity contribution in [3.05, 3.63) is 0 Å². The van der Waals surface area contributed by atoms with Crippen LogP contribution in [-0.4, -0.2) is 18.5 Å². The van der Waals surface area contributed by atoms with E-state index in [1.807, 2.05) is 6.92 Å². The highest BCUT2D eigenvalue weighted by molar-refractivity contribution is 6.20. The van der Waals surface area contributed by atoms with Gasteiger partial charge in [0.05, 0.1) is 0 Å². The molecule has 1 saturated carbocycles. The Bertz CT molecular complexity index is 85.3. The first-order valence-corrected chi connectivity index (χ1v) is 4.57. The fourth-order valence-electron chi connectivity index (χ4n) is 0.929. The van der Waals surface area contributed by atoms with Crippen LogP contribution in [-0.2, 0) is 0 Å². The molecule has 0 radical (unpaired) electrons. The molecule has 0 bridgehead atoms. The first kappa shape index (κ1) is 8.35. The molecule has 0 aliphatic heterocycles. The van der Waals surface area contributed by atoms with Crippen molar-refractivity contribution in [1.29, 1.82) is 0 Å². The van der Waals surface area contributed by atoms with Gasteiger partial charge in [0.15, 0.2) is 0 Å². The van der Waals surface area contributed by atoms with Gasteiger partial charge in [-0.15, -0.1) is 11.6 Å². The van der Waals surface area contributed by atoms with Gasteiger partial charge in [0, 0.05) is 5.38 Å². The van der Waals surface area contributed by atoms with Crippen molar-refractivity contribution in [2.75, 3.05) is 13.1 Å². The Kier molecular flexibility index (Phi) is 3.50. The monoisotopic (exact) mass is 161 g/mol. The van der Waals surface area contributed by atoms with Crippen molar-refractivity contribution in [3.8, 4) is 0 Å². The van der Waals surface area contributed by atoms with Crippen LogP contribution in [0.25, 0.3) is 0 Å². The Labute approximate surface area is 68.1 Å². The third-order valence-corrected chi connectivity index (χ3v) is 2.07. The van der Waals surface area contributed by atoms with E-state index in [9.17, 15) is 0 Å². The second-order valence-corrected chi connectivity index (χ2v) is 3.96. The van der Waals surface area contributed by atoms with Crippen molar-refractivity contribution < 1.29 is 0 Å². The van der Waals surface area contributed by atoms with Gasteiger partial charge in [-0.3, -0.25) is 0 Å². The van der Waals surface area contributed by atoms with Gasteiger partial charge in [0.1, 0.15) is 0 Å². The summed E-state index contributed by atoms with van der Waals surface area (Å²) in [7, 11) is 0. The predicted molar refractivity (Wildman–Crippen MR) is 45.5 cm³/mol. The van der Waals surface area contributed by atoms with Gasteiger partial charge >= 0.3 is 0 Å². The van der Waals surface area contributed by atoms with Crippen LogP contribution in [0.5, 0.6) is 0 Å². The summed E-state index contributed by atoms with van der Waals surface area (Å²) < 4.78 is 0. The molecule has 60 valence electrons. The van der Waals surface area contributed by atoms with Gasteiger partial charge in [-0.25, -0.2) is 0 Å². The first-order valence-electron chi connectivity index (χ1n) is 4.14. The molecule has 0 heterocycles. The average molecular weight is 162 g/mol. The second kappa shape index (κ2) is 4.20. The summed E-state index contributed by atoms with van der Waals surface area (Å²) in [6.07, 6.45) is 3.96. The minimum absolute atomic E-state index is 0.326. The van der Waals surface area contributed by atoms with E-state index in [2.05, 4.69) is 5.32 Å². The van der Waals surface area contributed by atoms with Gasteiger partial charge < -0.3 is 5.32 Å². The molecule has 1 nitrogen and oxygen atoms in total. The van der Waals surface area contributed by atoms with Crippen LogP contribution in [0.1, 0.15) is 26.2 Å². The maximum Gasteiger partial charge on any atom is 0.0319 e. The summed E-state index contributed by atoms with van der Waals surface area (Å²) in [6, 6.07) is 0. The van der Waals surface area contributed by atoms with Crippen LogP contribution in [0.2, 0.25) is 0 Å². The zero-order chi connectivity index (χ0) is 7.40. The molecule has 0 spiro atoms. The van der Waals surface area contributed by atoms with Crippen LogP contribution >= 0.6 is 11.6 Å². The predicted octanol–water partition coefficient (Wildman–Crippen LogP) is 2.00. The molecule has 1 fully saturated rings. The molecule has 1 aliphatic carbocycles. The Hall–Kier alpha value is 0.250. The summed E-state index contributed by atoms with van der Waals surface area (Å²) in [6.45, 7) is 4.34. The fraction of sp³-hybridized carbons (Fsp3) is 1.00. The summed E-state index contributed by atoms with van der Waals surface area (Å²) in [5, 5.41) is 3.72. The maximum atomic E-state index is 5.77. The van der Waals surface area contributed by atoms with Gasteiger partial charge in [-0.1, -0.05) is 0 Å². The van der Waals surface area contributed by atoms with Crippen molar-refractivity contribution in [2.24, 2.45) is 5.92 Å². The molecule has 10 heavy (non-hydrogen) atoms. The molecule has 1 atom stereocenters. The van der Waals surface area contributed by atoms with E-state index >= 15 is 0 Å². The topological polar surface area (TPSA) is 12.0 Å². The molecular weight excluding hydrogens is 146 g/mol. The van der Waals surface area contributed by atoms with E-state index in [-0.39, 0.29) is 0 Å². The summed E-state index contributed by atoms with van der Waals surface area (Å²) in [5.41, 5.74) is 0. The third-order valence-electron chi connectivity index (χ3n) is 1.85. The fourth-order valence-corrected chi connectivity index (χ4v) is 1.04. The number of nitrogens with one attached hydrogen (secondary N) is 1. The molecule has 0 aromatic carbocycles. The van der Waals surface area contributed by atoms with Crippen LogP contribution in [0.3, 0.4) is 0 Å². The summed E-state index contributed by atoms with van der Waals surface area (Å²) in [5.74, 6) is 0.991. The van der Waals surface area contributed by atoms with Crippen molar-refractivity contribution >= 4 is 11.6 Å². The number of hydrogen-bond acceptors (Lipinski definition) is 1. The van der Waals surface area contributed by atoms with Crippen LogP contribution < -0.4 is 5.32 Å². The van der Waals surface area contributed by atoms with E-state index in [0.29, 0.717) is 5.38 Å². The van der Waals surface area contributed by atoms with Crippen LogP contribution in [0.4, 0.5) is 0 Å². The SMILES string of the molecule is CC(Cl)CCNCC1CC1. The molecule has 0 aromatic rings. The Morgan fingerprint density at radius 3 is 2.80 bits per heavy atom. The number of halogens is 1. The highest BCUT2D eigenvalue weighted by Crippen LogP contribution is 2.27. The van der Waals surface area contributed by atoms with E-state index in [4.69, 9.17) is 11.6 Å². The van der Waals surface area contributed by atoms with E-state index in [1.54, 1.807) is 0 Å². The van der Waals surface area contributed by atoms with E-state index in [1.165, 1.54) is 19.4 Å². The lowest BCUT2D eigenvalue weighted by Crippen LogP contribution is -2.19. The van der Waals surface area contributed by atoms with Crippen LogP contribution in [0, 0.1) is 5.92 Å². The lowest BCUT2D eigenvalue weighted by Gasteiger charge is -2.03. The third kappa shape index (κ3) is 4.13. The number of alkyl halides is 1. The molecule has 1 unspecified atom stereocenters. The molecule has 1 N–H and O–H groups in total. The first-order chi connectivity index (χ1) is 4.79. The lowest BCUT2D eigenvalue weighted by atomic mass is 10.3. The second-order valence-electron chi connectivity index (χ2n) is 3.22. The lowest BCUT2D eigenvalue weighted by molar-refractivity contribution is 0.610. The minimum Gasteiger partial charge on any atom is -0.316 e. The zero-order valence-corrected chi connectivity index (χ0v) is 7.32. The van der Waals surface area contributed by atoms with E-state index < -0.39 is 0 Å². The standard InChI is InChI=1S/C8H16ClN/c1-7(9)4-5-10-6-8-2-3-8/h7-8,10H,2-6H2,1H3. The minimum atomic E-state index is 0.326. The van der Waals surface area contributed by atoms with Crippen molar-refractivity contribution in [2.45, 2.75) is 31.6 Å². The van der Waals surface area contributed by atoms with Gasteiger partial charge in [0.25, 0.3) is 0 Å². The number of rotatable bonds is 5. The largest absolute Gasteiger partial charge is 0.316 e. The molecule has 0 amide bonds. The van der Waals surface area contributed by atoms with Gasteiger partial charge in [-0.05, 0) is 45.2 Å². The zero-order valence-electron chi connectivity index (χ0n) is 6.57. The Balaban J connectivity index is 1.76. The van der Waals surface area contributed by atoms with E-state index in [0.717, 1.165) is 18.9 Å². The molecular formula is C8H16ClN. The Morgan fingerprint density at radius 1 is 1.60 bits per heavy atom. The molecule has 1 rings (SSSR count). The number of hydrogen-bond donors (Lipinski definition) is 1. The van der Waals surface area contributed by atoms with Crippen molar-refractivity contribution in [3.63, 3.8) is 0 Å². The van der Waals surface area contributed by atoms with Gasteiger partial charge in [0.2, 0.25) is 0 Å². The normalized spacial score (nSPS) is 21.0. The Morgan fingerprint density at radius 2 is 2.30 bits per heavy atom. The smallest absolute Gasteiger partial charge is 0.0319 e. The highest BCUT2D eigenvalue weighted by Gasteiger charge is 2.19. The molecule has 1 aliphatic rings. The summed E-state index contributed by atoms with van der Waals surface area (Å²) >= 11 is 5.77. The molecule has 0 aromatic heterocycles. The molecule has 0 saturated heterocycles. The molecule has 2 heteroatoms. The van der Waals surface area contributed by atoms with Crippen LogP contribution in [0.15, 0.2) is 0 Å². The maximum absolute atomic E-state index is 5.77. The van der Waals surface area contributed by atoms with Gasteiger partial charge in [-0.2, -0.15) is 0 Å². The average Bonchev–Trinajstić information content (AvgIpc) is 2.62.